The zero-order valence-corrected chi connectivity index (χ0v) is 18.8. The Morgan fingerprint density at radius 1 is 1.42 bits per heavy atom. The van der Waals surface area contributed by atoms with Crippen LogP contribution in [0.3, 0.4) is 0 Å². The summed E-state index contributed by atoms with van der Waals surface area (Å²) in [5.41, 5.74) is 0.351. The number of aromatic nitrogens is 2. The van der Waals surface area contributed by atoms with Gasteiger partial charge in [-0.3, -0.25) is 4.79 Å². The predicted molar refractivity (Wildman–Crippen MR) is 113 cm³/mol. The summed E-state index contributed by atoms with van der Waals surface area (Å²) < 4.78 is 37.8. The second-order valence-electron chi connectivity index (χ2n) is 8.46. The van der Waals surface area contributed by atoms with E-state index < -0.39 is 15.4 Å². The highest BCUT2D eigenvalue weighted by Gasteiger charge is 2.58. The lowest BCUT2D eigenvalue weighted by Crippen LogP contribution is -2.40. The van der Waals surface area contributed by atoms with E-state index in [4.69, 9.17) is 9.26 Å². The van der Waals surface area contributed by atoms with E-state index >= 15 is 0 Å². The fourth-order valence-corrected chi connectivity index (χ4v) is 5.74. The van der Waals surface area contributed by atoms with E-state index in [0.717, 1.165) is 5.56 Å². The molecule has 168 valence electrons. The van der Waals surface area contributed by atoms with Crippen molar-refractivity contribution in [3.8, 4) is 5.75 Å². The maximum absolute atomic E-state index is 13.1. The van der Waals surface area contributed by atoms with Gasteiger partial charge in [-0.15, -0.1) is 0 Å². The molecule has 4 rings (SSSR count). The van der Waals surface area contributed by atoms with Gasteiger partial charge in [-0.25, -0.2) is 13.1 Å². The number of likely N-dealkylation sites (tertiary alicyclic amines) is 1. The van der Waals surface area contributed by atoms with Gasteiger partial charge in [0.05, 0.1) is 24.7 Å². The molecule has 2 heterocycles. The van der Waals surface area contributed by atoms with E-state index in [0.29, 0.717) is 43.4 Å². The van der Waals surface area contributed by atoms with Crippen molar-refractivity contribution in [2.24, 2.45) is 5.92 Å². The van der Waals surface area contributed by atoms with E-state index in [1.807, 2.05) is 29.2 Å². The average Bonchev–Trinajstić information content (AvgIpc) is 3.40. The van der Waals surface area contributed by atoms with Gasteiger partial charge in [0, 0.05) is 19.1 Å². The van der Waals surface area contributed by atoms with Gasteiger partial charge in [0.25, 0.3) is 0 Å². The molecule has 1 saturated heterocycles. The number of aryl methyl sites for hydroxylation is 1. The summed E-state index contributed by atoms with van der Waals surface area (Å²) in [6.45, 7) is 4.35. The monoisotopic (exact) mass is 448 g/mol. The summed E-state index contributed by atoms with van der Waals surface area (Å²) in [4.78, 5) is 19.4. The van der Waals surface area contributed by atoms with E-state index in [2.05, 4.69) is 14.9 Å². The Morgan fingerprint density at radius 3 is 2.90 bits per heavy atom. The molecular weight excluding hydrogens is 420 g/mol. The van der Waals surface area contributed by atoms with Crippen LogP contribution < -0.4 is 9.46 Å². The Bertz CT molecular complexity index is 1070. The molecule has 9 nitrogen and oxygen atoms in total. The first kappa shape index (κ1) is 21.8. The van der Waals surface area contributed by atoms with Crippen LogP contribution in [0.2, 0.25) is 0 Å². The van der Waals surface area contributed by atoms with Crippen LogP contribution in [-0.2, 0) is 26.7 Å². The largest absolute Gasteiger partial charge is 0.497 e. The minimum absolute atomic E-state index is 0.0176. The molecule has 10 heteroatoms. The Hall–Kier alpha value is -2.46. The van der Waals surface area contributed by atoms with Crippen LogP contribution in [0.15, 0.2) is 28.8 Å². The maximum atomic E-state index is 13.1. The smallest absolute Gasteiger partial charge is 0.235 e. The number of sulfonamides is 1. The van der Waals surface area contributed by atoms with Gasteiger partial charge in [-0.2, -0.15) is 4.98 Å². The van der Waals surface area contributed by atoms with Crippen molar-refractivity contribution in [1.82, 2.24) is 19.8 Å². The number of carbonyl (C=O) groups excluding carboxylic acids is 1. The molecule has 1 unspecified atom stereocenters. The highest BCUT2D eigenvalue weighted by Crippen LogP contribution is 2.50. The molecule has 0 bridgehead atoms. The lowest BCUT2D eigenvalue weighted by atomic mass is 9.80. The van der Waals surface area contributed by atoms with Crippen molar-refractivity contribution < 1.29 is 22.5 Å². The minimum Gasteiger partial charge on any atom is -0.497 e. The Balaban J connectivity index is 1.54. The van der Waals surface area contributed by atoms with Crippen LogP contribution in [0, 0.1) is 12.8 Å². The third kappa shape index (κ3) is 4.31. The van der Waals surface area contributed by atoms with Crippen LogP contribution in [0.1, 0.15) is 37.0 Å². The van der Waals surface area contributed by atoms with Crippen LogP contribution in [0.5, 0.6) is 5.75 Å². The topological polar surface area (TPSA) is 115 Å². The summed E-state index contributed by atoms with van der Waals surface area (Å²) in [7, 11) is -1.72. The van der Waals surface area contributed by atoms with E-state index in [9.17, 15) is 13.2 Å². The van der Waals surface area contributed by atoms with Crippen molar-refractivity contribution in [3.63, 3.8) is 0 Å². The maximum Gasteiger partial charge on any atom is 0.235 e. The number of methoxy groups -OCH3 is 1. The third-order valence-corrected chi connectivity index (χ3v) is 7.85. The van der Waals surface area contributed by atoms with Crippen molar-refractivity contribution in [2.75, 3.05) is 26.0 Å². The Labute approximate surface area is 182 Å². The molecule has 1 aliphatic carbocycles. The first-order chi connectivity index (χ1) is 14.7. The molecule has 1 amide bonds. The lowest BCUT2D eigenvalue weighted by Gasteiger charge is -2.25. The summed E-state index contributed by atoms with van der Waals surface area (Å²) in [6, 6.07) is 7.27. The van der Waals surface area contributed by atoms with Crippen LogP contribution >= 0.6 is 0 Å². The van der Waals surface area contributed by atoms with Crippen LogP contribution in [0.25, 0.3) is 0 Å². The fraction of sp³-hybridized carbons (Fsp3) is 0.571. The van der Waals surface area contributed by atoms with E-state index in [-0.39, 0.29) is 30.0 Å². The molecule has 2 aliphatic rings. The Kier molecular flexibility index (Phi) is 5.78. The zero-order chi connectivity index (χ0) is 22.2. The number of hydrogen-bond donors (Lipinski definition) is 1. The molecule has 1 N–H and O–H groups in total. The second kappa shape index (κ2) is 8.23. The molecule has 1 aromatic heterocycles. The SMILES string of the molecule is CCS(=O)(=O)N[C@@H]1CC2CN(C(=O)Cc3cccc(OC)c3)C[C@@]2(c2nc(C)no2)C1. The molecule has 2 aromatic rings. The number of rotatable bonds is 7. The number of nitrogens with zero attached hydrogens (tertiary/aromatic N) is 3. The number of amides is 1. The summed E-state index contributed by atoms with van der Waals surface area (Å²) in [5, 5.41) is 3.95. The highest BCUT2D eigenvalue weighted by molar-refractivity contribution is 7.89. The standard InChI is InChI=1S/C21H28N4O5S/c1-4-31(27,28)24-17-10-16-12-25(13-21(16,11-17)20-22-14(2)23-30-20)19(26)9-15-6-5-7-18(8-15)29-3/h5-8,16-17,24H,4,9-13H2,1-3H3/t16?,17-,21+/m1/s1. The van der Waals surface area contributed by atoms with Crippen LogP contribution in [-0.4, -0.2) is 61.4 Å². The minimum atomic E-state index is -3.32. The van der Waals surface area contributed by atoms with Crippen molar-refractivity contribution in [2.45, 2.75) is 44.6 Å². The van der Waals surface area contributed by atoms with Crippen molar-refractivity contribution in [3.05, 3.63) is 41.5 Å². The fourth-order valence-electron chi connectivity index (χ4n) is 4.89. The third-order valence-electron chi connectivity index (χ3n) is 6.40. The first-order valence-electron chi connectivity index (χ1n) is 10.5. The molecule has 0 spiro atoms. The number of carbonyl (C=O) groups is 1. The lowest BCUT2D eigenvalue weighted by molar-refractivity contribution is -0.129. The highest BCUT2D eigenvalue weighted by atomic mass is 32.2. The Morgan fingerprint density at radius 2 is 2.23 bits per heavy atom. The van der Waals surface area contributed by atoms with Gasteiger partial charge < -0.3 is 14.2 Å². The first-order valence-corrected chi connectivity index (χ1v) is 12.1. The molecule has 1 aliphatic heterocycles. The normalized spacial score (nSPS) is 25.6. The van der Waals surface area contributed by atoms with Crippen molar-refractivity contribution in [1.29, 1.82) is 0 Å². The second-order valence-corrected chi connectivity index (χ2v) is 10.5. The molecule has 0 radical (unpaired) electrons. The summed E-state index contributed by atoms with van der Waals surface area (Å²) >= 11 is 0. The number of nitrogens with one attached hydrogen (secondary N) is 1. The summed E-state index contributed by atoms with van der Waals surface area (Å²) in [5.74, 6) is 1.83. The number of benzene rings is 1. The molecular formula is C21H28N4O5S. The number of ether oxygens (including phenoxy) is 1. The molecule has 3 atom stereocenters. The van der Waals surface area contributed by atoms with Gasteiger partial charge >= 0.3 is 0 Å². The van der Waals surface area contributed by atoms with Gasteiger partial charge in [-0.05, 0) is 50.3 Å². The summed E-state index contributed by atoms with van der Waals surface area (Å²) in [6.07, 6.45) is 1.43. The van der Waals surface area contributed by atoms with Gasteiger partial charge in [0.2, 0.25) is 21.8 Å². The van der Waals surface area contributed by atoms with Crippen molar-refractivity contribution >= 4 is 15.9 Å². The molecule has 1 aromatic carbocycles. The van der Waals surface area contributed by atoms with Gasteiger partial charge in [0.15, 0.2) is 5.82 Å². The molecule has 1 saturated carbocycles. The van der Waals surface area contributed by atoms with Gasteiger partial charge in [0.1, 0.15) is 5.75 Å². The van der Waals surface area contributed by atoms with Crippen LogP contribution in [0.4, 0.5) is 0 Å². The van der Waals surface area contributed by atoms with E-state index in [1.165, 1.54) is 0 Å². The molecule has 2 fully saturated rings. The molecule has 31 heavy (non-hydrogen) atoms. The predicted octanol–water partition coefficient (Wildman–Crippen LogP) is 1.43. The number of hydrogen-bond acceptors (Lipinski definition) is 7. The van der Waals surface area contributed by atoms with Gasteiger partial charge in [-0.1, -0.05) is 17.3 Å². The number of fused-ring (bicyclic) bond motifs is 1. The zero-order valence-electron chi connectivity index (χ0n) is 18.0. The van der Waals surface area contributed by atoms with E-state index in [1.54, 1.807) is 21.0 Å². The average molecular weight is 449 g/mol. The quantitative estimate of drug-likeness (QED) is 0.681.